The summed E-state index contributed by atoms with van der Waals surface area (Å²) in [6, 6.07) is 10.2. The number of hydrogen-bond donors (Lipinski definition) is 2. The van der Waals surface area contributed by atoms with Gasteiger partial charge in [0, 0.05) is 11.4 Å². The van der Waals surface area contributed by atoms with Gasteiger partial charge in [-0.15, -0.1) is 11.3 Å². The van der Waals surface area contributed by atoms with E-state index in [9.17, 15) is 14.7 Å². The van der Waals surface area contributed by atoms with Crippen LogP contribution in [0.1, 0.15) is 22.2 Å². The van der Waals surface area contributed by atoms with E-state index in [0.717, 1.165) is 0 Å². The van der Waals surface area contributed by atoms with Crippen LogP contribution in [0.4, 0.5) is 0 Å². The lowest BCUT2D eigenvalue weighted by atomic mass is 9.92. The lowest BCUT2D eigenvalue weighted by molar-refractivity contribution is -0.144. The molecule has 21 heavy (non-hydrogen) atoms. The molecule has 0 saturated heterocycles. The van der Waals surface area contributed by atoms with Crippen molar-refractivity contribution in [2.24, 2.45) is 0 Å². The molecule has 1 heterocycles. The maximum Gasteiger partial charge on any atom is 0.333 e. The quantitative estimate of drug-likeness (QED) is 0.890. The number of rotatable bonds is 5. The fourth-order valence-corrected chi connectivity index (χ4v) is 2.60. The van der Waals surface area contributed by atoms with Gasteiger partial charge in [-0.2, -0.15) is 0 Å². The summed E-state index contributed by atoms with van der Waals surface area (Å²) >= 11 is 1.20. The van der Waals surface area contributed by atoms with Crippen molar-refractivity contribution < 1.29 is 19.4 Å². The van der Waals surface area contributed by atoms with E-state index in [1.165, 1.54) is 25.4 Å². The van der Waals surface area contributed by atoms with Gasteiger partial charge in [-0.25, -0.2) is 4.79 Å². The fourth-order valence-electron chi connectivity index (χ4n) is 1.85. The van der Waals surface area contributed by atoms with Crippen molar-refractivity contribution >= 4 is 23.2 Å². The Bertz CT molecular complexity index is 653. The number of hydrogen-bond acceptors (Lipinski definition) is 4. The van der Waals surface area contributed by atoms with Crippen molar-refractivity contribution in [3.8, 4) is 5.75 Å². The van der Waals surface area contributed by atoms with Gasteiger partial charge in [-0.05, 0) is 12.5 Å². The van der Waals surface area contributed by atoms with Gasteiger partial charge in [0.25, 0.3) is 5.91 Å². The van der Waals surface area contributed by atoms with E-state index in [-0.39, 0.29) is 0 Å². The third kappa shape index (κ3) is 3.05. The van der Waals surface area contributed by atoms with Crippen LogP contribution < -0.4 is 10.1 Å². The van der Waals surface area contributed by atoms with Crippen LogP contribution in [0.2, 0.25) is 0 Å². The number of methoxy groups -OCH3 is 1. The second kappa shape index (κ2) is 5.97. The van der Waals surface area contributed by atoms with Crippen LogP contribution >= 0.6 is 11.3 Å². The fraction of sp³-hybridized carbons (Fsp3) is 0.200. The van der Waals surface area contributed by atoms with Gasteiger partial charge >= 0.3 is 5.97 Å². The maximum atomic E-state index is 12.2. The monoisotopic (exact) mass is 305 g/mol. The Labute approximate surface area is 126 Å². The van der Waals surface area contributed by atoms with Crippen LogP contribution in [0.15, 0.2) is 41.8 Å². The number of aliphatic carboxylic acids is 1. The van der Waals surface area contributed by atoms with Crippen molar-refractivity contribution in [1.82, 2.24) is 5.32 Å². The standard InChI is InChI=1S/C15H15NO4S/c1-15(14(18)19,10-6-4-3-5-7-10)16-13(17)12-8-11(20-2)9-21-12/h3-9H,1-2H3,(H,16,17)(H,18,19). The largest absolute Gasteiger partial charge is 0.496 e. The zero-order chi connectivity index (χ0) is 15.5. The van der Waals surface area contributed by atoms with Gasteiger partial charge in [0.15, 0.2) is 5.54 Å². The first-order valence-corrected chi connectivity index (χ1v) is 7.09. The number of amides is 1. The molecule has 2 N–H and O–H groups in total. The van der Waals surface area contributed by atoms with Gasteiger partial charge in [-0.3, -0.25) is 4.79 Å². The Hall–Kier alpha value is -2.34. The Morgan fingerprint density at radius 1 is 1.29 bits per heavy atom. The van der Waals surface area contributed by atoms with Gasteiger partial charge in [-0.1, -0.05) is 30.3 Å². The lowest BCUT2D eigenvalue weighted by Crippen LogP contribution is -2.49. The van der Waals surface area contributed by atoms with E-state index in [4.69, 9.17) is 4.74 Å². The minimum atomic E-state index is -1.49. The number of ether oxygens (including phenoxy) is 1. The zero-order valence-electron chi connectivity index (χ0n) is 11.6. The van der Waals surface area contributed by atoms with Crippen LogP contribution in [-0.2, 0) is 10.3 Å². The summed E-state index contributed by atoms with van der Waals surface area (Å²) < 4.78 is 5.02. The summed E-state index contributed by atoms with van der Waals surface area (Å²) in [7, 11) is 1.51. The van der Waals surface area contributed by atoms with E-state index in [1.807, 2.05) is 0 Å². The van der Waals surface area contributed by atoms with E-state index < -0.39 is 17.4 Å². The molecule has 0 bridgehead atoms. The van der Waals surface area contributed by atoms with Crippen LogP contribution in [0.5, 0.6) is 5.75 Å². The lowest BCUT2D eigenvalue weighted by Gasteiger charge is -2.26. The van der Waals surface area contributed by atoms with Crippen molar-refractivity contribution in [2.75, 3.05) is 7.11 Å². The highest BCUT2D eigenvalue weighted by atomic mass is 32.1. The van der Waals surface area contributed by atoms with E-state index in [1.54, 1.807) is 41.8 Å². The average molecular weight is 305 g/mol. The highest BCUT2D eigenvalue weighted by Crippen LogP contribution is 2.25. The van der Waals surface area contributed by atoms with Gasteiger partial charge in [0.2, 0.25) is 0 Å². The number of carbonyl (C=O) groups excluding carboxylic acids is 1. The van der Waals surface area contributed by atoms with Crippen molar-refractivity contribution in [3.05, 3.63) is 52.2 Å². The van der Waals surface area contributed by atoms with Crippen LogP contribution in [0, 0.1) is 0 Å². The summed E-state index contributed by atoms with van der Waals surface area (Å²) in [6.45, 7) is 1.47. The van der Waals surface area contributed by atoms with Crippen molar-refractivity contribution in [3.63, 3.8) is 0 Å². The number of carboxylic acid groups (broad SMARTS) is 1. The molecule has 1 amide bonds. The topological polar surface area (TPSA) is 75.6 Å². The number of benzene rings is 1. The molecule has 6 heteroatoms. The van der Waals surface area contributed by atoms with Gasteiger partial charge in [0.1, 0.15) is 5.75 Å². The predicted molar refractivity (Wildman–Crippen MR) is 79.8 cm³/mol. The number of carboxylic acids is 1. The number of carbonyl (C=O) groups is 2. The Morgan fingerprint density at radius 3 is 2.48 bits per heavy atom. The maximum absolute atomic E-state index is 12.2. The third-order valence-electron chi connectivity index (χ3n) is 3.18. The molecule has 5 nitrogen and oxygen atoms in total. The average Bonchev–Trinajstić information content (AvgIpc) is 2.97. The SMILES string of the molecule is COc1csc(C(=O)NC(C)(C(=O)O)c2ccccc2)c1. The normalized spacial score (nSPS) is 13.2. The second-order valence-corrected chi connectivity index (χ2v) is 5.51. The molecule has 2 aromatic rings. The van der Waals surface area contributed by atoms with Gasteiger partial charge < -0.3 is 15.2 Å². The summed E-state index contributed by atoms with van der Waals surface area (Å²) in [4.78, 5) is 24.3. The molecule has 0 saturated carbocycles. The Kier molecular flexibility index (Phi) is 4.28. The highest BCUT2D eigenvalue weighted by Gasteiger charge is 2.37. The second-order valence-electron chi connectivity index (χ2n) is 4.60. The molecule has 0 aliphatic carbocycles. The summed E-state index contributed by atoms with van der Waals surface area (Å²) in [6.07, 6.45) is 0. The molecule has 0 aliphatic rings. The Balaban J connectivity index is 2.28. The first kappa shape index (κ1) is 15.1. The van der Waals surface area contributed by atoms with Crippen molar-refractivity contribution in [2.45, 2.75) is 12.5 Å². The smallest absolute Gasteiger partial charge is 0.333 e. The molecule has 1 atom stereocenters. The summed E-state index contributed by atoms with van der Waals surface area (Å²) in [5.74, 6) is -0.996. The minimum Gasteiger partial charge on any atom is -0.496 e. The molecule has 110 valence electrons. The molecular formula is C15H15NO4S. The zero-order valence-corrected chi connectivity index (χ0v) is 12.4. The molecule has 0 spiro atoms. The van der Waals surface area contributed by atoms with Crippen LogP contribution in [-0.4, -0.2) is 24.1 Å². The van der Waals surface area contributed by atoms with E-state index in [2.05, 4.69) is 5.32 Å². The number of nitrogens with one attached hydrogen (secondary N) is 1. The highest BCUT2D eigenvalue weighted by molar-refractivity contribution is 7.12. The first-order valence-electron chi connectivity index (χ1n) is 6.21. The third-order valence-corrected chi connectivity index (χ3v) is 4.08. The Morgan fingerprint density at radius 2 is 1.95 bits per heavy atom. The minimum absolute atomic E-state index is 0.398. The molecule has 0 radical (unpaired) electrons. The molecule has 2 rings (SSSR count). The summed E-state index contributed by atoms with van der Waals surface area (Å²) in [5, 5.41) is 13.8. The molecule has 1 aromatic carbocycles. The van der Waals surface area contributed by atoms with E-state index >= 15 is 0 Å². The predicted octanol–water partition coefficient (Wildman–Crippen LogP) is 2.49. The molecule has 0 fully saturated rings. The molecule has 0 aliphatic heterocycles. The molecule has 1 unspecified atom stereocenters. The number of thiophene rings is 1. The molecular weight excluding hydrogens is 290 g/mol. The van der Waals surface area contributed by atoms with Crippen LogP contribution in [0.3, 0.4) is 0 Å². The molecule has 1 aromatic heterocycles. The first-order chi connectivity index (χ1) is 9.97. The summed E-state index contributed by atoms with van der Waals surface area (Å²) in [5.41, 5.74) is -0.982. The van der Waals surface area contributed by atoms with Gasteiger partial charge in [0.05, 0.1) is 12.0 Å². The van der Waals surface area contributed by atoms with Crippen LogP contribution in [0.25, 0.3) is 0 Å². The van der Waals surface area contributed by atoms with Crippen molar-refractivity contribution in [1.29, 1.82) is 0 Å². The van der Waals surface area contributed by atoms with E-state index in [0.29, 0.717) is 16.2 Å².